The lowest BCUT2D eigenvalue weighted by atomic mass is 9.92. The van der Waals surface area contributed by atoms with Crippen LogP contribution >= 0.6 is 23.2 Å². The van der Waals surface area contributed by atoms with Crippen molar-refractivity contribution in [3.63, 3.8) is 0 Å². The zero-order valence-corrected chi connectivity index (χ0v) is 30.4. The number of benzene rings is 6. The van der Waals surface area contributed by atoms with Gasteiger partial charge in [0.25, 0.3) is 0 Å². The monoisotopic (exact) mass is 746 g/mol. The van der Waals surface area contributed by atoms with E-state index in [9.17, 15) is 9.59 Å². The molecule has 8 heteroatoms. The van der Waals surface area contributed by atoms with Crippen molar-refractivity contribution in [2.75, 3.05) is 0 Å². The molecule has 0 fully saturated rings. The van der Waals surface area contributed by atoms with Gasteiger partial charge in [0.1, 0.15) is 0 Å². The van der Waals surface area contributed by atoms with E-state index in [0.717, 1.165) is 46.9 Å². The summed E-state index contributed by atoms with van der Waals surface area (Å²) >= 11 is 12.5. The highest BCUT2D eigenvalue weighted by Gasteiger charge is 2.20. The minimum Gasteiger partial charge on any atom is -0.408 e. The molecule has 0 atom stereocenters. The minimum atomic E-state index is -0.436. The maximum absolute atomic E-state index is 11.4. The van der Waals surface area contributed by atoms with Crippen LogP contribution in [0.4, 0.5) is 0 Å². The Morgan fingerprint density at radius 3 is 1.33 bits per heavy atom. The number of aromatic amines is 2. The summed E-state index contributed by atoms with van der Waals surface area (Å²) in [6.07, 6.45) is 8.21. The summed E-state index contributed by atoms with van der Waals surface area (Å²) in [5.41, 5.74) is 16.9. The number of hydrogen-bond acceptors (Lipinski definition) is 4. The van der Waals surface area contributed by atoms with Gasteiger partial charge in [-0.3, -0.25) is 9.97 Å². The summed E-state index contributed by atoms with van der Waals surface area (Å²) in [5, 5.41) is 1.52. The Labute approximate surface area is 320 Å². The van der Waals surface area contributed by atoms with E-state index >= 15 is 0 Å². The quantitative estimate of drug-likeness (QED) is 0.184. The Balaban J connectivity index is 0.000000142. The van der Waals surface area contributed by atoms with Crippen LogP contribution < -0.4 is 11.5 Å². The first-order chi connectivity index (χ1) is 26.3. The van der Waals surface area contributed by atoms with Gasteiger partial charge in [0.2, 0.25) is 0 Å². The van der Waals surface area contributed by atoms with Crippen molar-refractivity contribution in [3.05, 3.63) is 208 Å². The fourth-order valence-electron chi connectivity index (χ4n) is 7.66. The number of aromatic nitrogens is 2. The normalized spacial score (nSPS) is 14.8. The lowest BCUT2D eigenvalue weighted by molar-refractivity contribution is 0.555. The molecular weight excluding hydrogens is 715 g/mol. The van der Waals surface area contributed by atoms with Gasteiger partial charge >= 0.3 is 11.5 Å². The van der Waals surface area contributed by atoms with Crippen molar-refractivity contribution in [2.24, 2.45) is 0 Å². The average molecular weight is 748 g/mol. The number of aryl methyl sites for hydroxylation is 4. The molecule has 0 spiro atoms. The van der Waals surface area contributed by atoms with Crippen molar-refractivity contribution in [1.82, 2.24) is 9.97 Å². The average Bonchev–Trinajstić information content (AvgIpc) is 3.65. The third-order valence-electron chi connectivity index (χ3n) is 10.2. The lowest BCUT2D eigenvalue weighted by Gasteiger charge is -2.12. The van der Waals surface area contributed by atoms with Crippen molar-refractivity contribution < 1.29 is 8.83 Å². The molecule has 2 heterocycles. The number of oxazole rings is 2. The summed E-state index contributed by atoms with van der Waals surface area (Å²) in [6.45, 7) is 0. The third-order valence-corrected chi connectivity index (χ3v) is 10.6. The highest BCUT2D eigenvalue weighted by atomic mass is 35.5. The molecule has 0 saturated heterocycles. The summed E-state index contributed by atoms with van der Waals surface area (Å²) in [7, 11) is 0. The first kappa shape index (κ1) is 33.7. The van der Waals surface area contributed by atoms with Gasteiger partial charge in [-0.1, -0.05) is 96.0 Å². The number of hydrogen-bond donors (Lipinski definition) is 2. The zero-order chi connectivity index (χ0) is 36.8. The van der Waals surface area contributed by atoms with Gasteiger partial charge in [0, 0.05) is 10.0 Å². The molecule has 54 heavy (non-hydrogen) atoms. The highest BCUT2D eigenvalue weighted by Crippen LogP contribution is 2.38. The molecule has 0 saturated carbocycles. The van der Waals surface area contributed by atoms with Crippen LogP contribution in [0.25, 0.3) is 45.5 Å². The molecule has 2 N–H and O–H groups in total. The Hall–Kier alpha value is -6.08. The molecule has 10 rings (SSSR count). The van der Waals surface area contributed by atoms with Gasteiger partial charge < -0.3 is 8.83 Å². The lowest BCUT2D eigenvalue weighted by Crippen LogP contribution is -1.93. The zero-order valence-electron chi connectivity index (χ0n) is 28.9. The fraction of sp³-hybridized carbons (Fsp3) is 0.0870. The smallest absolute Gasteiger partial charge is 0.408 e. The van der Waals surface area contributed by atoms with Crippen LogP contribution in [0.5, 0.6) is 0 Å². The van der Waals surface area contributed by atoms with Gasteiger partial charge in [-0.15, -0.1) is 0 Å². The summed E-state index contributed by atoms with van der Waals surface area (Å²) < 4.78 is 10.2. The number of halogens is 2. The first-order valence-corrected chi connectivity index (χ1v) is 18.5. The molecule has 2 aliphatic rings. The van der Waals surface area contributed by atoms with Gasteiger partial charge in [0.05, 0.1) is 11.0 Å². The molecule has 2 aromatic heterocycles. The molecule has 0 amide bonds. The van der Waals surface area contributed by atoms with Gasteiger partial charge in [0.15, 0.2) is 11.2 Å². The van der Waals surface area contributed by atoms with Crippen LogP contribution in [-0.2, 0) is 25.7 Å². The molecule has 0 unspecified atom stereocenters. The van der Waals surface area contributed by atoms with E-state index < -0.39 is 11.5 Å². The molecule has 264 valence electrons. The van der Waals surface area contributed by atoms with E-state index in [2.05, 4.69) is 94.9 Å². The second kappa shape index (κ2) is 14.0. The van der Waals surface area contributed by atoms with E-state index in [0.29, 0.717) is 22.2 Å². The van der Waals surface area contributed by atoms with Crippen molar-refractivity contribution in [3.8, 4) is 0 Å². The second-order valence-corrected chi connectivity index (χ2v) is 14.4. The van der Waals surface area contributed by atoms with E-state index in [1.54, 1.807) is 0 Å². The maximum atomic E-state index is 11.4. The van der Waals surface area contributed by atoms with E-state index in [1.807, 2.05) is 48.5 Å². The van der Waals surface area contributed by atoms with E-state index in [1.165, 1.54) is 55.7 Å². The fourth-order valence-corrected chi connectivity index (χ4v) is 8.05. The maximum Gasteiger partial charge on any atom is 0.417 e. The Morgan fingerprint density at radius 1 is 0.463 bits per heavy atom. The largest absolute Gasteiger partial charge is 0.417 e. The molecule has 0 bridgehead atoms. The predicted octanol–water partition coefficient (Wildman–Crippen LogP) is 10.9. The number of rotatable bonds is 2. The van der Waals surface area contributed by atoms with Crippen LogP contribution in [-0.4, -0.2) is 9.97 Å². The Kier molecular flexibility index (Phi) is 8.78. The van der Waals surface area contributed by atoms with E-state index in [4.69, 9.17) is 32.0 Å². The van der Waals surface area contributed by atoms with Crippen LogP contribution in [0.3, 0.4) is 0 Å². The van der Waals surface area contributed by atoms with Crippen LogP contribution in [0.1, 0.15) is 55.6 Å². The Bertz CT molecular complexity index is 2720. The van der Waals surface area contributed by atoms with Crippen LogP contribution in [0.2, 0.25) is 10.0 Å². The molecular formula is C46H32Cl2N2O4. The SMILES string of the molecule is O=c1[nH]c2cc(/C=C3/c4ccccc4CCc4cc(Cl)ccc43)ccc2o1.O=c1[nH]c2cc(/C=C3\c4ccccc4CCc4cc(Cl)ccc43)ccc2o1. The highest BCUT2D eigenvalue weighted by molar-refractivity contribution is 6.31. The molecule has 6 aromatic carbocycles. The van der Waals surface area contributed by atoms with Crippen molar-refractivity contribution in [2.45, 2.75) is 25.7 Å². The van der Waals surface area contributed by atoms with Gasteiger partial charge in [-0.2, -0.15) is 0 Å². The van der Waals surface area contributed by atoms with Crippen LogP contribution in [0.15, 0.2) is 140 Å². The summed E-state index contributed by atoms with van der Waals surface area (Å²) in [5.74, 6) is -0.871. The molecule has 0 radical (unpaired) electrons. The molecule has 6 nitrogen and oxygen atoms in total. The topological polar surface area (TPSA) is 92.0 Å². The number of nitrogens with one attached hydrogen (secondary N) is 2. The summed E-state index contributed by atoms with van der Waals surface area (Å²) in [4.78, 5) is 28.3. The molecule has 0 aliphatic heterocycles. The predicted molar refractivity (Wildman–Crippen MR) is 218 cm³/mol. The van der Waals surface area contributed by atoms with Gasteiger partial charge in [-0.25, -0.2) is 9.59 Å². The minimum absolute atomic E-state index is 0.436. The summed E-state index contributed by atoms with van der Waals surface area (Å²) in [6, 6.07) is 40.7. The molecule has 8 aromatic rings. The van der Waals surface area contributed by atoms with Gasteiger partial charge in [-0.05, 0) is 153 Å². The molecule has 2 aliphatic carbocycles. The third kappa shape index (κ3) is 6.66. The van der Waals surface area contributed by atoms with Crippen molar-refractivity contribution >= 4 is 68.7 Å². The number of fused-ring (bicyclic) bond motifs is 6. The van der Waals surface area contributed by atoms with Crippen molar-refractivity contribution in [1.29, 1.82) is 0 Å². The number of H-pyrrole nitrogens is 2. The Morgan fingerprint density at radius 2 is 0.870 bits per heavy atom. The van der Waals surface area contributed by atoms with E-state index in [-0.39, 0.29) is 0 Å². The van der Waals surface area contributed by atoms with Crippen LogP contribution in [0, 0.1) is 0 Å². The second-order valence-electron chi connectivity index (χ2n) is 13.6. The standard InChI is InChI=1S/2C23H16ClNO2/c2*24-17-8-9-19-16(13-17)7-6-15-3-1-2-4-18(15)20(19)11-14-5-10-22-21(12-14)25-23(26)27-22/h2*1-5,8-13H,6-7H2,(H,25,26)/b20-11+;20-11-. The first-order valence-electron chi connectivity index (χ1n) is 17.8.